The Labute approximate surface area is 166 Å². The number of aromatic nitrogens is 1. The second-order valence-electron chi connectivity index (χ2n) is 8.53. The Balaban J connectivity index is 1.76. The first kappa shape index (κ1) is 17.1. The molecule has 0 bridgehead atoms. The second kappa shape index (κ2) is 6.28. The summed E-state index contributed by atoms with van der Waals surface area (Å²) in [6, 6.07) is 28.7. The number of benzene rings is 4. The quantitative estimate of drug-likeness (QED) is 0.245. The fourth-order valence-corrected chi connectivity index (χ4v) is 5.88. The van der Waals surface area contributed by atoms with Gasteiger partial charge >= 0.3 is 0 Å². The van der Waals surface area contributed by atoms with Crippen molar-refractivity contribution in [2.75, 3.05) is 0 Å². The smallest absolute Gasteiger partial charge is 0.0784 e. The summed E-state index contributed by atoms with van der Waals surface area (Å²) in [7, 11) is -1.38. The highest BCUT2D eigenvalue weighted by molar-refractivity contribution is 6.90. The third-order valence-corrected chi connectivity index (χ3v) is 7.68. The molecule has 0 aliphatic heterocycles. The topological polar surface area (TPSA) is 12.9 Å². The Bertz CT molecular complexity index is 1350. The molecule has 0 saturated heterocycles. The SMILES string of the molecule is C[Si](C)(C)c1cccc2cc(-c3nccc4c3ccc3ccccc34)ccc12. The van der Waals surface area contributed by atoms with Gasteiger partial charge in [-0.25, -0.2) is 0 Å². The van der Waals surface area contributed by atoms with Gasteiger partial charge in [-0.3, -0.25) is 4.98 Å². The van der Waals surface area contributed by atoms with Gasteiger partial charge in [0, 0.05) is 17.1 Å². The molecule has 0 N–H and O–H groups in total. The van der Waals surface area contributed by atoms with Crippen molar-refractivity contribution in [3.8, 4) is 11.3 Å². The predicted molar refractivity (Wildman–Crippen MR) is 125 cm³/mol. The van der Waals surface area contributed by atoms with E-state index in [4.69, 9.17) is 4.98 Å². The summed E-state index contributed by atoms with van der Waals surface area (Å²) < 4.78 is 0. The van der Waals surface area contributed by atoms with Gasteiger partial charge in [-0.05, 0) is 39.1 Å². The Morgan fingerprint density at radius 2 is 1.39 bits per heavy atom. The highest BCUT2D eigenvalue weighted by Crippen LogP contribution is 2.32. The highest BCUT2D eigenvalue weighted by atomic mass is 28.3. The molecule has 28 heavy (non-hydrogen) atoms. The van der Waals surface area contributed by atoms with Crippen LogP contribution in [-0.4, -0.2) is 13.1 Å². The molecule has 4 aromatic carbocycles. The highest BCUT2D eigenvalue weighted by Gasteiger charge is 2.19. The lowest BCUT2D eigenvalue weighted by Gasteiger charge is -2.19. The molecule has 0 aliphatic carbocycles. The number of hydrogen-bond acceptors (Lipinski definition) is 1. The molecular formula is C26H23NSi. The summed E-state index contributed by atoms with van der Waals surface area (Å²) in [4.78, 5) is 4.77. The molecule has 2 heteroatoms. The molecule has 1 aromatic heterocycles. The Hall–Kier alpha value is -2.97. The van der Waals surface area contributed by atoms with Crippen LogP contribution in [0, 0.1) is 0 Å². The van der Waals surface area contributed by atoms with Gasteiger partial charge in [0.25, 0.3) is 0 Å². The first-order valence-corrected chi connectivity index (χ1v) is 13.3. The zero-order valence-electron chi connectivity index (χ0n) is 16.5. The zero-order chi connectivity index (χ0) is 19.3. The summed E-state index contributed by atoms with van der Waals surface area (Å²) in [6.45, 7) is 7.23. The van der Waals surface area contributed by atoms with Gasteiger partial charge in [0.1, 0.15) is 0 Å². The van der Waals surface area contributed by atoms with Crippen LogP contribution < -0.4 is 5.19 Å². The van der Waals surface area contributed by atoms with Gasteiger partial charge in [-0.2, -0.15) is 0 Å². The van der Waals surface area contributed by atoms with Crippen LogP contribution in [0.15, 0.2) is 85.1 Å². The molecule has 1 nitrogen and oxygen atoms in total. The van der Waals surface area contributed by atoms with Crippen molar-refractivity contribution >= 4 is 45.6 Å². The minimum Gasteiger partial charge on any atom is -0.256 e. The maximum Gasteiger partial charge on any atom is 0.0784 e. The summed E-state index contributed by atoms with van der Waals surface area (Å²) in [5.41, 5.74) is 2.24. The number of rotatable bonds is 2. The molecule has 5 aromatic rings. The zero-order valence-corrected chi connectivity index (χ0v) is 17.5. The Morgan fingerprint density at radius 1 is 0.607 bits per heavy atom. The van der Waals surface area contributed by atoms with Gasteiger partial charge in [-0.15, -0.1) is 0 Å². The summed E-state index contributed by atoms with van der Waals surface area (Å²) >= 11 is 0. The van der Waals surface area contributed by atoms with Crippen LogP contribution in [-0.2, 0) is 0 Å². The van der Waals surface area contributed by atoms with Crippen LogP contribution in [0.3, 0.4) is 0 Å². The van der Waals surface area contributed by atoms with Crippen LogP contribution in [0.4, 0.5) is 0 Å². The largest absolute Gasteiger partial charge is 0.256 e. The number of nitrogens with zero attached hydrogens (tertiary/aromatic N) is 1. The third kappa shape index (κ3) is 2.73. The van der Waals surface area contributed by atoms with E-state index in [9.17, 15) is 0 Å². The van der Waals surface area contributed by atoms with Gasteiger partial charge in [-0.1, -0.05) is 91.6 Å². The van der Waals surface area contributed by atoms with Crippen LogP contribution in [0.1, 0.15) is 0 Å². The lowest BCUT2D eigenvalue weighted by molar-refractivity contribution is 1.36. The first-order chi connectivity index (χ1) is 13.5. The average Bonchev–Trinajstić information content (AvgIpc) is 2.71. The van der Waals surface area contributed by atoms with Gasteiger partial charge < -0.3 is 0 Å². The van der Waals surface area contributed by atoms with Crippen molar-refractivity contribution in [3.63, 3.8) is 0 Å². The molecule has 0 aliphatic rings. The average molecular weight is 378 g/mol. The van der Waals surface area contributed by atoms with E-state index in [-0.39, 0.29) is 0 Å². The van der Waals surface area contributed by atoms with Crippen LogP contribution in [0.5, 0.6) is 0 Å². The lowest BCUT2D eigenvalue weighted by Crippen LogP contribution is -2.37. The summed E-state index contributed by atoms with van der Waals surface area (Å²) in [6.07, 6.45) is 1.94. The molecule has 0 radical (unpaired) electrons. The van der Waals surface area contributed by atoms with Crippen LogP contribution in [0.2, 0.25) is 19.6 Å². The van der Waals surface area contributed by atoms with E-state index in [0.717, 1.165) is 5.69 Å². The van der Waals surface area contributed by atoms with Crippen LogP contribution in [0.25, 0.3) is 43.6 Å². The van der Waals surface area contributed by atoms with Crippen LogP contribution >= 0.6 is 0 Å². The van der Waals surface area contributed by atoms with Crippen molar-refractivity contribution < 1.29 is 0 Å². The molecule has 0 amide bonds. The van der Waals surface area contributed by atoms with Gasteiger partial charge in [0.15, 0.2) is 0 Å². The first-order valence-electron chi connectivity index (χ1n) is 9.82. The lowest BCUT2D eigenvalue weighted by atomic mass is 9.97. The number of hydrogen-bond donors (Lipinski definition) is 0. The van der Waals surface area contributed by atoms with E-state index in [1.54, 1.807) is 0 Å². The number of pyridine rings is 1. The summed E-state index contributed by atoms with van der Waals surface area (Å²) in [5.74, 6) is 0. The minimum absolute atomic E-state index is 1.06. The molecular weight excluding hydrogens is 354 g/mol. The van der Waals surface area contributed by atoms with Gasteiger partial charge in [0.05, 0.1) is 13.8 Å². The Kier molecular flexibility index (Phi) is 3.85. The van der Waals surface area contributed by atoms with Crippen molar-refractivity contribution in [1.82, 2.24) is 4.98 Å². The second-order valence-corrected chi connectivity index (χ2v) is 13.6. The molecule has 1 heterocycles. The van der Waals surface area contributed by atoms with E-state index < -0.39 is 8.07 Å². The molecule has 136 valence electrons. The molecule has 0 spiro atoms. The standard InChI is InChI=1S/C26H23NSi/c1-28(2,3)25-10-6-8-19-17-20(12-13-22(19)25)26-24-14-11-18-7-4-5-9-21(18)23(24)15-16-27-26/h4-17H,1-3H3. The van der Waals surface area contributed by atoms with E-state index in [0.29, 0.717) is 0 Å². The maximum atomic E-state index is 4.77. The van der Waals surface area contributed by atoms with E-state index in [1.807, 2.05) is 6.20 Å². The third-order valence-electron chi connectivity index (χ3n) is 5.63. The number of fused-ring (bicyclic) bond motifs is 4. The molecule has 0 saturated carbocycles. The van der Waals surface area contributed by atoms with Gasteiger partial charge in [0.2, 0.25) is 0 Å². The van der Waals surface area contributed by atoms with Crippen molar-refractivity contribution in [1.29, 1.82) is 0 Å². The van der Waals surface area contributed by atoms with Crippen molar-refractivity contribution in [2.24, 2.45) is 0 Å². The summed E-state index contributed by atoms with van der Waals surface area (Å²) in [5, 5.41) is 9.23. The fraction of sp³-hybridized carbons (Fsp3) is 0.115. The minimum atomic E-state index is -1.38. The van der Waals surface area contributed by atoms with E-state index >= 15 is 0 Å². The molecule has 0 atom stereocenters. The van der Waals surface area contributed by atoms with E-state index in [2.05, 4.69) is 98.5 Å². The molecule has 5 rings (SSSR count). The Morgan fingerprint density at radius 3 is 2.25 bits per heavy atom. The fourth-order valence-electron chi connectivity index (χ4n) is 4.25. The molecule has 0 fully saturated rings. The van der Waals surface area contributed by atoms with E-state index in [1.165, 1.54) is 43.1 Å². The van der Waals surface area contributed by atoms with Crippen molar-refractivity contribution in [2.45, 2.75) is 19.6 Å². The normalized spacial score (nSPS) is 12.1. The van der Waals surface area contributed by atoms with Crippen molar-refractivity contribution in [3.05, 3.63) is 85.1 Å². The molecule has 0 unspecified atom stereocenters. The monoisotopic (exact) mass is 377 g/mol. The predicted octanol–water partition coefficient (Wildman–Crippen LogP) is 6.75. The maximum absolute atomic E-state index is 4.77.